The summed E-state index contributed by atoms with van der Waals surface area (Å²) in [6, 6.07) is 5.83. The van der Waals surface area contributed by atoms with Gasteiger partial charge in [0.15, 0.2) is 0 Å². The number of benzene rings is 1. The molecule has 0 amide bonds. The zero-order chi connectivity index (χ0) is 17.3. The quantitative estimate of drug-likeness (QED) is 0.718. The molecule has 0 aliphatic heterocycles. The molecule has 0 saturated carbocycles. The number of rotatable bonds is 4. The van der Waals surface area contributed by atoms with Gasteiger partial charge in [-0.15, -0.1) is 0 Å². The number of nitrogens with zero attached hydrogens (tertiary/aromatic N) is 3. The number of ether oxygens (including phenoxy) is 1. The molecular formula is C16H16N4O4. The van der Waals surface area contributed by atoms with Crippen molar-refractivity contribution in [3.05, 3.63) is 63.1 Å². The Hall–Kier alpha value is -3.16. The highest BCUT2D eigenvalue weighted by molar-refractivity contribution is 5.93. The van der Waals surface area contributed by atoms with Crippen LogP contribution < -0.4 is 11.2 Å². The molecule has 2 heterocycles. The van der Waals surface area contributed by atoms with Gasteiger partial charge in [-0.1, -0.05) is 0 Å². The summed E-state index contributed by atoms with van der Waals surface area (Å²) in [6.45, 7) is 2.16. The molecule has 1 aromatic carbocycles. The molecular weight excluding hydrogens is 312 g/mol. The van der Waals surface area contributed by atoms with Crippen molar-refractivity contribution in [1.29, 1.82) is 0 Å². The summed E-state index contributed by atoms with van der Waals surface area (Å²) in [5, 5.41) is 4.41. The number of methoxy groups -OCH3 is 1. The monoisotopic (exact) mass is 328 g/mol. The van der Waals surface area contributed by atoms with Crippen molar-refractivity contribution in [3.63, 3.8) is 0 Å². The van der Waals surface area contributed by atoms with Gasteiger partial charge in [0.25, 0.3) is 5.56 Å². The highest BCUT2D eigenvalue weighted by atomic mass is 16.5. The first-order chi connectivity index (χ1) is 11.5. The molecule has 0 unspecified atom stereocenters. The Morgan fingerprint density at radius 2 is 2.17 bits per heavy atom. The first kappa shape index (κ1) is 15.7. The molecule has 1 N–H and O–H groups in total. The number of hydrogen-bond donors (Lipinski definition) is 1. The summed E-state index contributed by atoms with van der Waals surface area (Å²) >= 11 is 0. The third-order valence-electron chi connectivity index (χ3n) is 3.80. The second-order valence-electron chi connectivity index (χ2n) is 5.43. The maximum atomic E-state index is 12.7. The van der Waals surface area contributed by atoms with Crippen LogP contribution in [-0.4, -0.2) is 32.4 Å². The van der Waals surface area contributed by atoms with Gasteiger partial charge in [0, 0.05) is 12.4 Å². The molecule has 124 valence electrons. The number of esters is 1. The van der Waals surface area contributed by atoms with Gasteiger partial charge in [0.1, 0.15) is 0 Å². The van der Waals surface area contributed by atoms with E-state index in [1.165, 1.54) is 25.3 Å². The average molecular weight is 328 g/mol. The van der Waals surface area contributed by atoms with Crippen molar-refractivity contribution in [2.45, 2.75) is 19.5 Å². The van der Waals surface area contributed by atoms with Gasteiger partial charge in [0.05, 0.1) is 36.2 Å². The Morgan fingerprint density at radius 1 is 1.38 bits per heavy atom. The van der Waals surface area contributed by atoms with Gasteiger partial charge < -0.3 is 9.72 Å². The zero-order valence-corrected chi connectivity index (χ0v) is 13.2. The van der Waals surface area contributed by atoms with Crippen molar-refractivity contribution in [3.8, 4) is 0 Å². The van der Waals surface area contributed by atoms with E-state index in [0.717, 1.165) is 4.57 Å². The lowest BCUT2D eigenvalue weighted by atomic mass is 10.1. The van der Waals surface area contributed by atoms with E-state index in [1.807, 2.05) is 0 Å². The molecule has 0 bridgehead atoms. The van der Waals surface area contributed by atoms with Gasteiger partial charge in [-0.3, -0.25) is 14.0 Å². The molecule has 8 nitrogen and oxygen atoms in total. The standard InChI is InChI=1S/C16H16N4O4/c1-10(9-19-7-3-6-17-19)20-14(21)12-5-4-11(15(22)24-2)8-13(12)18-16(20)23/h3-8,10H,9H2,1-2H3,(H,18,23)/t10-/m0/s1. The number of carbonyl (C=O) groups excluding carboxylic acids is 1. The molecule has 0 saturated heterocycles. The number of carbonyl (C=O) groups is 1. The topological polar surface area (TPSA) is 99.0 Å². The molecule has 3 aromatic rings. The van der Waals surface area contributed by atoms with Gasteiger partial charge >= 0.3 is 11.7 Å². The summed E-state index contributed by atoms with van der Waals surface area (Å²) in [7, 11) is 1.27. The van der Waals surface area contributed by atoms with Crippen LogP contribution in [0.2, 0.25) is 0 Å². The lowest BCUT2D eigenvalue weighted by Crippen LogP contribution is -2.38. The van der Waals surface area contributed by atoms with Gasteiger partial charge in [0.2, 0.25) is 0 Å². The fourth-order valence-electron chi connectivity index (χ4n) is 2.64. The van der Waals surface area contributed by atoms with Crippen LogP contribution >= 0.6 is 0 Å². The van der Waals surface area contributed by atoms with E-state index in [9.17, 15) is 14.4 Å². The number of fused-ring (bicyclic) bond motifs is 1. The number of aromatic nitrogens is 4. The predicted molar refractivity (Wildman–Crippen MR) is 87.1 cm³/mol. The Kier molecular flexibility index (Phi) is 4.03. The number of H-pyrrole nitrogens is 1. The van der Waals surface area contributed by atoms with Crippen LogP contribution in [0.5, 0.6) is 0 Å². The maximum Gasteiger partial charge on any atom is 0.337 e. The molecule has 0 spiro atoms. The van der Waals surface area contributed by atoms with Crippen molar-refractivity contribution < 1.29 is 9.53 Å². The molecule has 2 aromatic heterocycles. The SMILES string of the molecule is COC(=O)c1ccc2c(=O)n([C@@H](C)Cn3cccn3)c(=O)[nH]c2c1. The third-order valence-corrected chi connectivity index (χ3v) is 3.80. The van der Waals surface area contributed by atoms with Crippen LogP contribution in [-0.2, 0) is 11.3 Å². The van der Waals surface area contributed by atoms with E-state index in [2.05, 4.69) is 14.8 Å². The van der Waals surface area contributed by atoms with E-state index in [4.69, 9.17) is 0 Å². The number of hydrogen-bond acceptors (Lipinski definition) is 5. The molecule has 1 atom stereocenters. The number of aromatic amines is 1. The predicted octanol–water partition coefficient (Wildman–Crippen LogP) is 0.934. The Balaban J connectivity index is 2.08. The first-order valence-corrected chi connectivity index (χ1v) is 7.35. The average Bonchev–Trinajstić information content (AvgIpc) is 3.06. The maximum absolute atomic E-state index is 12.7. The van der Waals surface area contributed by atoms with Crippen molar-refractivity contribution in [1.82, 2.24) is 19.3 Å². The summed E-state index contributed by atoms with van der Waals surface area (Å²) in [5.74, 6) is -0.533. The van der Waals surface area contributed by atoms with Crippen molar-refractivity contribution in [2.75, 3.05) is 7.11 Å². The van der Waals surface area contributed by atoms with Crippen LogP contribution in [0.3, 0.4) is 0 Å². The number of nitrogens with one attached hydrogen (secondary N) is 1. The third kappa shape index (κ3) is 2.73. The Morgan fingerprint density at radius 3 is 2.83 bits per heavy atom. The van der Waals surface area contributed by atoms with E-state index < -0.39 is 17.2 Å². The first-order valence-electron chi connectivity index (χ1n) is 7.35. The molecule has 0 radical (unpaired) electrons. The van der Waals surface area contributed by atoms with Crippen molar-refractivity contribution >= 4 is 16.9 Å². The lowest BCUT2D eigenvalue weighted by molar-refractivity contribution is 0.0601. The van der Waals surface area contributed by atoms with Crippen LogP contribution in [0.25, 0.3) is 10.9 Å². The van der Waals surface area contributed by atoms with E-state index >= 15 is 0 Å². The summed E-state index contributed by atoms with van der Waals surface area (Å²) in [4.78, 5) is 39.2. The van der Waals surface area contributed by atoms with Crippen LogP contribution in [0.4, 0.5) is 0 Å². The van der Waals surface area contributed by atoms with Gasteiger partial charge in [-0.25, -0.2) is 9.59 Å². The van der Waals surface area contributed by atoms with Gasteiger partial charge in [-0.2, -0.15) is 5.10 Å². The second-order valence-corrected chi connectivity index (χ2v) is 5.43. The van der Waals surface area contributed by atoms with Crippen LogP contribution in [0, 0.1) is 0 Å². The van der Waals surface area contributed by atoms with Crippen LogP contribution in [0.1, 0.15) is 23.3 Å². The van der Waals surface area contributed by atoms with Gasteiger partial charge in [-0.05, 0) is 31.2 Å². The van der Waals surface area contributed by atoms with E-state index in [1.54, 1.807) is 30.1 Å². The molecule has 8 heteroatoms. The summed E-state index contributed by atoms with van der Waals surface area (Å²) in [6.07, 6.45) is 3.40. The molecule has 0 aliphatic carbocycles. The highest BCUT2D eigenvalue weighted by Gasteiger charge is 2.15. The Bertz CT molecular complexity index is 1000. The van der Waals surface area contributed by atoms with Crippen molar-refractivity contribution in [2.24, 2.45) is 0 Å². The second kappa shape index (κ2) is 6.15. The summed E-state index contributed by atoms with van der Waals surface area (Å²) in [5.41, 5.74) is -0.378. The van der Waals surface area contributed by atoms with E-state index in [-0.39, 0.29) is 11.6 Å². The molecule has 24 heavy (non-hydrogen) atoms. The minimum atomic E-state index is -0.533. The van der Waals surface area contributed by atoms with E-state index in [0.29, 0.717) is 17.4 Å². The Labute approximate surface area is 136 Å². The fourth-order valence-corrected chi connectivity index (χ4v) is 2.64. The lowest BCUT2D eigenvalue weighted by Gasteiger charge is -2.15. The summed E-state index contributed by atoms with van der Waals surface area (Å²) < 4.78 is 7.45. The minimum Gasteiger partial charge on any atom is -0.465 e. The normalized spacial score (nSPS) is 12.2. The minimum absolute atomic E-state index is 0.266. The molecule has 3 rings (SSSR count). The fraction of sp³-hybridized carbons (Fsp3) is 0.250. The van der Waals surface area contributed by atoms with Crippen LogP contribution in [0.15, 0.2) is 46.2 Å². The highest BCUT2D eigenvalue weighted by Crippen LogP contribution is 2.11. The smallest absolute Gasteiger partial charge is 0.337 e. The largest absolute Gasteiger partial charge is 0.465 e. The zero-order valence-electron chi connectivity index (χ0n) is 13.2. The molecule has 0 fully saturated rings. The molecule has 0 aliphatic rings.